The first kappa shape index (κ1) is 22.7. The van der Waals surface area contributed by atoms with E-state index in [1.807, 2.05) is 6.92 Å². The molecule has 4 unspecified atom stereocenters. The molecule has 3 nitrogen and oxygen atoms in total. The van der Waals surface area contributed by atoms with Crippen LogP contribution in [-0.2, 0) is 10.3 Å². The largest absolute Gasteiger partial charge is 0.486 e. The van der Waals surface area contributed by atoms with E-state index in [0.717, 1.165) is 19.3 Å². The zero-order valence-electron chi connectivity index (χ0n) is 19.4. The number of aliphatic imine (C=N–C) groups is 1. The lowest BCUT2D eigenvalue weighted by molar-refractivity contribution is -0.126. The van der Waals surface area contributed by atoms with Crippen LogP contribution in [0.5, 0.6) is 5.75 Å². The second-order valence-electron chi connectivity index (χ2n) is 9.85. The predicted octanol–water partition coefficient (Wildman–Crippen LogP) is 6.61. The van der Waals surface area contributed by atoms with Gasteiger partial charge in [-0.3, -0.25) is 9.79 Å². The molecular formula is C28H34FNO2. The highest BCUT2D eigenvalue weighted by atomic mass is 19.1. The normalized spacial score (nSPS) is 23.8. The first-order valence-corrected chi connectivity index (χ1v) is 11.9. The molecule has 1 fully saturated rings. The highest BCUT2D eigenvalue weighted by Gasteiger charge is 2.56. The Bertz CT molecular complexity index is 953. The number of fused-ring (bicyclic) bond motifs is 1. The molecule has 4 heteroatoms. The number of rotatable bonds is 10. The Kier molecular flexibility index (Phi) is 6.78. The standard InChI is InChI=1S/C28H34FNO2/c1-19(2)26(20(3)27(31)18-32-25-14-10-23(29)11-15-25)16-13-24-12-9-22-17-28(22,30-24)21-7-5-4-6-8-21/h4-8,10-11,14-15,19-20,22,26H,9,12-13,16-18H2,1-3H3. The van der Waals surface area contributed by atoms with Crippen molar-refractivity contribution in [3.05, 3.63) is 66.0 Å². The van der Waals surface area contributed by atoms with Crippen LogP contribution in [0, 0.1) is 29.5 Å². The zero-order valence-corrected chi connectivity index (χ0v) is 19.4. The van der Waals surface area contributed by atoms with Crippen LogP contribution in [0.4, 0.5) is 4.39 Å². The highest BCUT2D eigenvalue weighted by Crippen LogP contribution is 2.60. The molecule has 0 bridgehead atoms. The van der Waals surface area contributed by atoms with Gasteiger partial charge in [-0.15, -0.1) is 0 Å². The number of halogens is 1. The summed E-state index contributed by atoms with van der Waals surface area (Å²) in [6.07, 6.45) is 5.40. The Morgan fingerprint density at radius 3 is 2.53 bits per heavy atom. The van der Waals surface area contributed by atoms with Crippen LogP contribution in [-0.4, -0.2) is 18.1 Å². The summed E-state index contributed by atoms with van der Waals surface area (Å²) < 4.78 is 18.7. The average molecular weight is 436 g/mol. The summed E-state index contributed by atoms with van der Waals surface area (Å²) in [4.78, 5) is 18.1. The first-order valence-electron chi connectivity index (χ1n) is 11.9. The molecular weight excluding hydrogens is 401 g/mol. The van der Waals surface area contributed by atoms with Gasteiger partial charge in [-0.25, -0.2) is 4.39 Å². The molecule has 4 rings (SSSR count). The smallest absolute Gasteiger partial charge is 0.173 e. The van der Waals surface area contributed by atoms with Gasteiger partial charge in [0.15, 0.2) is 5.78 Å². The van der Waals surface area contributed by atoms with Crippen molar-refractivity contribution in [3.63, 3.8) is 0 Å². The van der Waals surface area contributed by atoms with E-state index in [4.69, 9.17) is 9.73 Å². The van der Waals surface area contributed by atoms with Crippen molar-refractivity contribution in [3.8, 4) is 5.75 Å². The molecule has 4 atom stereocenters. The van der Waals surface area contributed by atoms with E-state index in [1.54, 1.807) is 12.1 Å². The van der Waals surface area contributed by atoms with Crippen LogP contribution in [0.15, 0.2) is 59.6 Å². The summed E-state index contributed by atoms with van der Waals surface area (Å²) >= 11 is 0. The van der Waals surface area contributed by atoms with Crippen molar-refractivity contribution < 1.29 is 13.9 Å². The minimum atomic E-state index is -0.311. The molecule has 0 N–H and O–H groups in total. The van der Waals surface area contributed by atoms with Gasteiger partial charge in [0.1, 0.15) is 18.2 Å². The number of Topliss-reactive ketones (excluding diaryl/α,β-unsaturated/α-hetero) is 1. The molecule has 0 saturated heterocycles. The lowest BCUT2D eigenvalue weighted by atomic mass is 9.78. The van der Waals surface area contributed by atoms with Crippen LogP contribution in [0.25, 0.3) is 0 Å². The van der Waals surface area contributed by atoms with Crippen molar-refractivity contribution in [2.75, 3.05) is 6.61 Å². The number of carbonyl (C=O) groups is 1. The molecule has 2 aromatic rings. The van der Waals surface area contributed by atoms with Gasteiger partial charge in [-0.2, -0.15) is 0 Å². The third-order valence-corrected chi connectivity index (χ3v) is 7.45. The van der Waals surface area contributed by atoms with Crippen molar-refractivity contribution >= 4 is 11.5 Å². The van der Waals surface area contributed by atoms with Gasteiger partial charge in [0.05, 0.1) is 5.54 Å². The summed E-state index contributed by atoms with van der Waals surface area (Å²) in [7, 11) is 0. The maximum absolute atomic E-state index is 13.1. The van der Waals surface area contributed by atoms with Crippen LogP contribution < -0.4 is 4.74 Å². The quantitative estimate of drug-likeness (QED) is 0.421. The first-order chi connectivity index (χ1) is 15.4. The van der Waals surface area contributed by atoms with E-state index in [-0.39, 0.29) is 35.6 Å². The maximum Gasteiger partial charge on any atom is 0.173 e. The molecule has 1 saturated carbocycles. The van der Waals surface area contributed by atoms with Crippen LogP contribution >= 0.6 is 0 Å². The molecule has 1 aliphatic carbocycles. The molecule has 32 heavy (non-hydrogen) atoms. The number of nitrogens with zero attached hydrogens (tertiary/aromatic N) is 1. The molecule has 2 aliphatic rings. The van der Waals surface area contributed by atoms with Gasteiger partial charge in [0, 0.05) is 11.6 Å². The number of carbonyl (C=O) groups excluding carboxylic acids is 1. The molecule has 0 aromatic heterocycles. The zero-order chi connectivity index (χ0) is 22.7. The van der Waals surface area contributed by atoms with E-state index in [2.05, 4.69) is 44.2 Å². The lowest BCUT2D eigenvalue weighted by Crippen LogP contribution is -2.30. The number of benzene rings is 2. The second-order valence-corrected chi connectivity index (χ2v) is 9.85. The van der Waals surface area contributed by atoms with Gasteiger partial charge in [0.2, 0.25) is 0 Å². The van der Waals surface area contributed by atoms with Crippen molar-refractivity contribution in [1.82, 2.24) is 0 Å². The highest BCUT2D eigenvalue weighted by molar-refractivity contribution is 5.86. The SMILES string of the molecule is CC(C)C(CCC1=NC2(c3ccccc3)CC2CC1)C(C)C(=O)COc1ccc(F)cc1. The molecule has 0 amide bonds. The summed E-state index contributed by atoms with van der Waals surface area (Å²) in [6.45, 7) is 6.43. The van der Waals surface area contributed by atoms with Crippen molar-refractivity contribution in [2.45, 2.75) is 58.4 Å². The van der Waals surface area contributed by atoms with Gasteiger partial charge >= 0.3 is 0 Å². The van der Waals surface area contributed by atoms with Gasteiger partial charge < -0.3 is 4.74 Å². The number of ether oxygens (including phenoxy) is 1. The maximum atomic E-state index is 13.1. The van der Waals surface area contributed by atoms with Gasteiger partial charge in [-0.05, 0) is 79.7 Å². The minimum absolute atomic E-state index is 0.0204. The molecule has 1 aliphatic heterocycles. The Balaban J connectivity index is 1.36. The Hall–Kier alpha value is -2.49. The fraction of sp³-hybridized carbons (Fsp3) is 0.500. The summed E-state index contributed by atoms with van der Waals surface area (Å²) in [5.41, 5.74) is 2.69. The summed E-state index contributed by atoms with van der Waals surface area (Å²) in [5.74, 6) is 1.60. The third-order valence-electron chi connectivity index (χ3n) is 7.45. The number of hydrogen-bond donors (Lipinski definition) is 0. The van der Waals surface area contributed by atoms with E-state index < -0.39 is 0 Å². The number of hydrogen-bond acceptors (Lipinski definition) is 3. The Morgan fingerprint density at radius 1 is 1.12 bits per heavy atom. The van der Waals surface area contributed by atoms with E-state index >= 15 is 0 Å². The van der Waals surface area contributed by atoms with Crippen molar-refractivity contribution in [2.24, 2.45) is 28.7 Å². The third kappa shape index (κ3) is 4.95. The minimum Gasteiger partial charge on any atom is -0.486 e. The van der Waals surface area contributed by atoms with E-state index in [0.29, 0.717) is 17.6 Å². The monoisotopic (exact) mass is 435 g/mol. The van der Waals surface area contributed by atoms with Gasteiger partial charge in [0.25, 0.3) is 0 Å². The second kappa shape index (κ2) is 9.56. The molecule has 2 aromatic carbocycles. The summed E-state index contributed by atoms with van der Waals surface area (Å²) in [6, 6.07) is 16.5. The Labute approximate surface area is 191 Å². The fourth-order valence-electron chi connectivity index (χ4n) is 5.35. The predicted molar refractivity (Wildman–Crippen MR) is 127 cm³/mol. The fourth-order valence-corrected chi connectivity index (χ4v) is 5.35. The molecule has 0 spiro atoms. The lowest BCUT2D eigenvalue weighted by Gasteiger charge is -2.28. The van der Waals surface area contributed by atoms with Gasteiger partial charge in [-0.1, -0.05) is 51.1 Å². The Morgan fingerprint density at radius 2 is 1.84 bits per heavy atom. The van der Waals surface area contributed by atoms with Crippen LogP contribution in [0.3, 0.4) is 0 Å². The molecule has 170 valence electrons. The average Bonchev–Trinajstić information content (AvgIpc) is 3.54. The molecule has 0 radical (unpaired) electrons. The van der Waals surface area contributed by atoms with E-state index in [1.165, 1.54) is 36.2 Å². The number of ketones is 1. The summed E-state index contributed by atoms with van der Waals surface area (Å²) in [5, 5.41) is 0. The molecule has 1 heterocycles. The van der Waals surface area contributed by atoms with Crippen LogP contribution in [0.2, 0.25) is 0 Å². The topological polar surface area (TPSA) is 38.7 Å². The van der Waals surface area contributed by atoms with Crippen LogP contribution in [0.1, 0.15) is 58.4 Å². The van der Waals surface area contributed by atoms with E-state index in [9.17, 15) is 9.18 Å². The van der Waals surface area contributed by atoms with Crippen molar-refractivity contribution in [1.29, 1.82) is 0 Å².